The maximum Gasteiger partial charge on any atom is 0.224 e. The van der Waals surface area contributed by atoms with Crippen molar-refractivity contribution in [1.82, 2.24) is 0 Å². The van der Waals surface area contributed by atoms with Crippen LogP contribution in [0.5, 0.6) is 0 Å². The van der Waals surface area contributed by atoms with Gasteiger partial charge in [0.1, 0.15) is 0 Å². The summed E-state index contributed by atoms with van der Waals surface area (Å²) in [5.74, 6) is 0.547. The van der Waals surface area contributed by atoms with Crippen molar-refractivity contribution in [3.8, 4) is 0 Å². The van der Waals surface area contributed by atoms with Gasteiger partial charge in [-0.05, 0) is 43.0 Å². The van der Waals surface area contributed by atoms with E-state index in [9.17, 15) is 13.8 Å². The van der Waals surface area contributed by atoms with Crippen LogP contribution in [-0.4, -0.2) is 26.9 Å². The van der Waals surface area contributed by atoms with Gasteiger partial charge >= 0.3 is 0 Å². The molecule has 1 unspecified atom stereocenters. The third-order valence-electron chi connectivity index (χ3n) is 4.78. The molecule has 1 atom stereocenters. The average Bonchev–Trinajstić information content (AvgIpc) is 2.59. The van der Waals surface area contributed by atoms with E-state index in [2.05, 4.69) is 5.32 Å². The highest BCUT2D eigenvalue weighted by molar-refractivity contribution is 7.85. The Bertz CT molecular complexity index is 635. The van der Waals surface area contributed by atoms with Crippen LogP contribution in [0.1, 0.15) is 60.9 Å². The lowest BCUT2D eigenvalue weighted by Crippen LogP contribution is -2.22. The fourth-order valence-corrected chi connectivity index (χ4v) is 4.97. The number of carbonyl (C=O) groups excluding carboxylic acids is 2. The number of fused-ring (bicyclic) bond motifs is 1. The number of hydrogen-bond acceptors (Lipinski definition) is 3. The minimum Gasteiger partial charge on any atom is -0.326 e. The Hall–Kier alpha value is -1.49. The van der Waals surface area contributed by atoms with Crippen LogP contribution in [0.15, 0.2) is 18.2 Å². The van der Waals surface area contributed by atoms with Crippen LogP contribution in [0, 0.1) is 0 Å². The van der Waals surface area contributed by atoms with Gasteiger partial charge < -0.3 is 5.32 Å². The second-order valence-electron chi connectivity index (χ2n) is 6.44. The molecule has 1 heterocycles. The van der Waals surface area contributed by atoms with Gasteiger partial charge in [-0.25, -0.2) is 0 Å². The van der Waals surface area contributed by atoms with Crippen molar-refractivity contribution in [3.63, 3.8) is 0 Å². The van der Waals surface area contributed by atoms with E-state index in [0.29, 0.717) is 30.6 Å². The molecule has 1 aliphatic heterocycles. The van der Waals surface area contributed by atoms with Crippen LogP contribution in [-0.2, 0) is 22.0 Å². The normalized spacial score (nSPS) is 19.7. The molecular formula is C18H23NO3S. The van der Waals surface area contributed by atoms with E-state index in [1.54, 1.807) is 12.1 Å². The van der Waals surface area contributed by atoms with Gasteiger partial charge in [-0.1, -0.05) is 19.3 Å². The number of benzene rings is 1. The first-order valence-electron chi connectivity index (χ1n) is 8.46. The Balaban J connectivity index is 1.58. The predicted molar refractivity (Wildman–Crippen MR) is 92.2 cm³/mol. The summed E-state index contributed by atoms with van der Waals surface area (Å²) in [4.78, 5) is 23.7. The standard InChI is InChI=1S/C18H23NO3S/c20-17(10-11-23(22)15-4-2-1-3-5-15)14-6-8-16-13(12-14)7-9-18(21)19-16/h6,8,12,15H,1-5,7,9-11H2,(H,19,21). The number of rotatable bonds is 5. The zero-order chi connectivity index (χ0) is 16.2. The Labute approximate surface area is 139 Å². The topological polar surface area (TPSA) is 63.2 Å². The number of Topliss-reactive ketones (excluding diaryl/α,β-unsaturated/α-hetero) is 1. The summed E-state index contributed by atoms with van der Waals surface area (Å²) >= 11 is 0. The Morgan fingerprint density at radius 3 is 2.74 bits per heavy atom. The molecule has 0 bridgehead atoms. The summed E-state index contributed by atoms with van der Waals surface area (Å²) in [6.07, 6.45) is 7.15. The van der Waals surface area contributed by atoms with Crippen molar-refractivity contribution in [1.29, 1.82) is 0 Å². The minimum atomic E-state index is -0.885. The maximum absolute atomic E-state index is 12.4. The molecule has 4 nitrogen and oxygen atoms in total. The van der Waals surface area contributed by atoms with E-state index in [0.717, 1.165) is 24.1 Å². The van der Waals surface area contributed by atoms with Crippen molar-refractivity contribution >= 4 is 28.2 Å². The molecule has 124 valence electrons. The van der Waals surface area contributed by atoms with Crippen LogP contribution in [0.2, 0.25) is 0 Å². The SMILES string of the molecule is O=C1CCc2cc(C(=O)CCS(=O)C3CCCCC3)ccc2N1. The number of carbonyl (C=O) groups is 2. The lowest BCUT2D eigenvalue weighted by molar-refractivity contribution is -0.116. The number of ketones is 1. The number of amides is 1. The Kier molecular flexibility index (Phi) is 5.26. The number of hydrogen-bond donors (Lipinski definition) is 1. The first kappa shape index (κ1) is 16.4. The molecule has 0 radical (unpaired) electrons. The molecule has 1 amide bonds. The second-order valence-corrected chi connectivity index (χ2v) is 8.27. The fraction of sp³-hybridized carbons (Fsp3) is 0.556. The molecule has 1 N–H and O–H groups in total. The van der Waals surface area contributed by atoms with E-state index in [-0.39, 0.29) is 16.9 Å². The summed E-state index contributed by atoms with van der Waals surface area (Å²) in [5, 5.41) is 3.11. The van der Waals surface area contributed by atoms with Gasteiger partial charge in [0, 0.05) is 45.9 Å². The summed E-state index contributed by atoms with van der Waals surface area (Å²) in [6, 6.07) is 5.44. The van der Waals surface area contributed by atoms with Gasteiger partial charge in [-0.3, -0.25) is 13.8 Å². The first-order chi connectivity index (χ1) is 11.1. The summed E-state index contributed by atoms with van der Waals surface area (Å²) in [7, 11) is -0.885. The Morgan fingerprint density at radius 2 is 1.96 bits per heavy atom. The molecule has 1 aliphatic carbocycles. The molecule has 5 heteroatoms. The van der Waals surface area contributed by atoms with Gasteiger partial charge in [-0.2, -0.15) is 0 Å². The predicted octanol–water partition coefficient (Wildman–Crippen LogP) is 3.23. The molecule has 1 aromatic rings. The van der Waals surface area contributed by atoms with Crippen LogP contribution in [0.25, 0.3) is 0 Å². The Morgan fingerprint density at radius 1 is 1.17 bits per heavy atom. The van der Waals surface area contributed by atoms with Gasteiger partial charge in [0.15, 0.2) is 5.78 Å². The quantitative estimate of drug-likeness (QED) is 0.842. The van der Waals surface area contributed by atoms with Crippen LogP contribution in [0.3, 0.4) is 0 Å². The smallest absolute Gasteiger partial charge is 0.224 e. The van der Waals surface area contributed by atoms with Gasteiger partial charge in [0.25, 0.3) is 0 Å². The maximum atomic E-state index is 12.4. The number of aryl methyl sites for hydroxylation is 1. The fourth-order valence-electron chi connectivity index (χ4n) is 3.39. The van der Waals surface area contributed by atoms with Crippen molar-refractivity contribution in [2.75, 3.05) is 11.1 Å². The molecule has 23 heavy (non-hydrogen) atoms. The monoisotopic (exact) mass is 333 g/mol. The van der Waals surface area contributed by atoms with Crippen molar-refractivity contribution < 1.29 is 13.8 Å². The van der Waals surface area contributed by atoms with E-state index in [1.807, 2.05) is 6.07 Å². The second kappa shape index (κ2) is 7.39. The molecule has 0 spiro atoms. The number of anilines is 1. The van der Waals surface area contributed by atoms with Crippen molar-refractivity contribution in [2.45, 2.75) is 56.6 Å². The molecule has 2 aliphatic rings. The molecule has 3 rings (SSSR count). The molecular weight excluding hydrogens is 310 g/mol. The highest BCUT2D eigenvalue weighted by Gasteiger charge is 2.21. The van der Waals surface area contributed by atoms with Gasteiger partial charge in [-0.15, -0.1) is 0 Å². The van der Waals surface area contributed by atoms with Crippen molar-refractivity contribution in [3.05, 3.63) is 29.3 Å². The highest BCUT2D eigenvalue weighted by Crippen LogP contribution is 2.25. The molecule has 0 saturated heterocycles. The van der Waals surface area contributed by atoms with Crippen LogP contribution in [0.4, 0.5) is 5.69 Å². The van der Waals surface area contributed by atoms with E-state index in [1.165, 1.54) is 19.3 Å². The average molecular weight is 333 g/mol. The zero-order valence-corrected chi connectivity index (χ0v) is 14.1. The molecule has 1 saturated carbocycles. The molecule has 1 fully saturated rings. The van der Waals surface area contributed by atoms with Gasteiger partial charge in [0.2, 0.25) is 5.91 Å². The van der Waals surface area contributed by atoms with E-state index in [4.69, 9.17) is 0 Å². The third kappa shape index (κ3) is 4.08. The van der Waals surface area contributed by atoms with Gasteiger partial charge in [0.05, 0.1) is 0 Å². The summed E-state index contributed by atoms with van der Waals surface area (Å²) < 4.78 is 12.3. The zero-order valence-electron chi connectivity index (χ0n) is 13.3. The summed E-state index contributed by atoms with van der Waals surface area (Å²) in [6.45, 7) is 0. The lowest BCUT2D eigenvalue weighted by Gasteiger charge is -2.20. The van der Waals surface area contributed by atoms with E-state index < -0.39 is 10.8 Å². The van der Waals surface area contributed by atoms with Crippen LogP contribution >= 0.6 is 0 Å². The van der Waals surface area contributed by atoms with Crippen LogP contribution < -0.4 is 5.32 Å². The molecule has 1 aromatic carbocycles. The number of nitrogens with one attached hydrogen (secondary N) is 1. The molecule has 0 aromatic heterocycles. The lowest BCUT2D eigenvalue weighted by atomic mass is 9.98. The highest BCUT2D eigenvalue weighted by atomic mass is 32.2. The first-order valence-corrected chi connectivity index (χ1v) is 9.85. The largest absolute Gasteiger partial charge is 0.326 e. The third-order valence-corrected chi connectivity index (χ3v) is 6.60. The van der Waals surface area contributed by atoms with Crippen molar-refractivity contribution in [2.24, 2.45) is 0 Å². The minimum absolute atomic E-state index is 0.0273. The summed E-state index contributed by atoms with van der Waals surface area (Å²) in [5.41, 5.74) is 2.49. The van der Waals surface area contributed by atoms with E-state index >= 15 is 0 Å².